The second kappa shape index (κ2) is 3.73. The van der Waals surface area contributed by atoms with E-state index in [1.165, 1.54) is 0 Å². The molecule has 3 heteroatoms. The fraction of sp³-hybridized carbons (Fsp3) is 1.00. The first-order chi connectivity index (χ1) is 5.49. The predicted octanol–water partition coefficient (Wildman–Crippen LogP) is 0.892. The maximum atomic E-state index is 9.33. The minimum Gasteiger partial charge on any atom is -0.378 e. The first-order valence-corrected chi connectivity index (χ1v) is 4.56. The highest BCUT2D eigenvalue weighted by molar-refractivity contribution is 4.76. The lowest BCUT2D eigenvalue weighted by atomic mass is 9.96. The van der Waals surface area contributed by atoms with Crippen molar-refractivity contribution in [1.29, 1.82) is 0 Å². The quantitative estimate of drug-likeness (QED) is 0.611. The number of hydrogen-bond donors (Lipinski definition) is 2. The highest BCUT2D eigenvalue weighted by atomic mass is 16.5. The van der Waals surface area contributed by atoms with Gasteiger partial charge < -0.3 is 14.9 Å². The van der Waals surface area contributed by atoms with Crippen LogP contribution in [-0.4, -0.2) is 28.7 Å². The average molecular weight is 174 g/mol. The topological polar surface area (TPSA) is 49.7 Å². The summed E-state index contributed by atoms with van der Waals surface area (Å²) in [6.07, 6.45) is 1.61. The summed E-state index contributed by atoms with van der Waals surface area (Å²) in [5, 5.41) is 18.7. The summed E-state index contributed by atoms with van der Waals surface area (Å²) >= 11 is 0. The van der Waals surface area contributed by atoms with Crippen molar-refractivity contribution in [2.24, 2.45) is 5.92 Å². The van der Waals surface area contributed by atoms with Gasteiger partial charge in [-0.2, -0.15) is 0 Å². The molecule has 2 N–H and O–H groups in total. The van der Waals surface area contributed by atoms with Gasteiger partial charge >= 0.3 is 0 Å². The van der Waals surface area contributed by atoms with Crippen molar-refractivity contribution in [3.63, 3.8) is 0 Å². The van der Waals surface area contributed by atoms with E-state index < -0.39 is 5.79 Å². The third-order valence-electron chi connectivity index (χ3n) is 2.14. The lowest BCUT2D eigenvalue weighted by Gasteiger charge is -2.33. The molecule has 72 valence electrons. The van der Waals surface area contributed by atoms with Crippen LogP contribution in [0.4, 0.5) is 0 Å². The normalized spacial score (nSPS) is 29.2. The molecule has 0 aromatic carbocycles. The molecule has 12 heavy (non-hydrogen) atoms. The number of hydrogen-bond acceptors (Lipinski definition) is 3. The van der Waals surface area contributed by atoms with E-state index in [9.17, 15) is 10.2 Å². The molecule has 1 aliphatic rings. The van der Waals surface area contributed by atoms with Crippen molar-refractivity contribution in [3.8, 4) is 0 Å². The van der Waals surface area contributed by atoms with Crippen LogP contribution in [0.1, 0.15) is 33.1 Å². The van der Waals surface area contributed by atoms with Crippen LogP contribution in [0.2, 0.25) is 0 Å². The first-order valence-electron chi connectivity index (χ1n) is 4.56. The molecule has 0 radical (unpaired) electrons. The highest BCUT2D eigenvalue weighted by Crippen LogP contribution is 2.25. The van der Waals surface area contributed by atoms with Crippen LogP contribution in [0.25, 0.3) is 0 Å². The standard InChI is InChI=1S/C9H18O3/c1-7(2)5-8-6-9(10,11)3-4-12-8/h7-8,10-11H,3-6H2,1-2H3/t8-/m0/s1. The van der Waals surface area contributed by atoms with Gasteiger partial charge in [-0.15, -0.1) is 0 Å². The second-order valence-corrected chi connectivity index (χ2v) is 4.06. The molecule has 0 aliphatic carbocycles. The van der Waals surface area contributed by atoms with Gasteiger partial charge in [-0.25, -0.2) is 0 Å². The zero-order valence-electron chi connectivity index (χ0n) is 7.79. The Morgan fingerprint density at radius 2 is 2.17 bits per heavy atom. The molecule has 1 fully saturated rings. The van der Waals surface area contributed by atoms with E-state index in [0.717, 1.165) is 6.42 Å². The van der Waals surface area contributed by atoms with Gasteiger partial charge in [-0.3, -0.25) is 0 Å². The van der Waals surface area contributed by atoms with Gasteiger partial charge in [0.05, 0.1) is 12.7 Å². The zero-order chi connectivity index (χ0) is 9.19. The van der Waals surface area contributed by atoms with Crippen LogP contribution >= 0.6 is 0 Å². The Balaban J connectivity index is 2.36. The molecular weight excluding hydrogens is 156 g/mol. The minimum atomic E-state index is -1.49. The van der Waals surface area contributed by atoms with E-state index in [2.05, 4.69) is 13.8 Å². The molecule has 0 aromatic heterocycles. The molecule has 1 heterocycles. The van der Waals surface area contributed by atoms with Crippen LogP contribution < -0.4 is 0 Å². The van der Waals surface area contributed by atoms with Gasteiger partial charge in [-0.05, 0) is 12.3 Å². The Morgan fingerprint density at radius 1 is 1.50 bits per heavy atom. The Hall–Kier alpha value is -0.120. The summed E-state index contributed by atoms with van der Waals surface area (Å²) < 4.78 is 5.40. The first kappa shape index (κ1) is 9.96. The van der Waals surface area contributed by atoms with Gasteiger partial charge in [0.15, 0.2) is 5.79 Å². The molecule has 0 saturated carbocycles. The molecule has 0 aromatic rings. The third kappa shape index (κ3) is 3.09. The van der Waals surface area contributed by atoms with Crippen molar-refractivity contribution in [1.82, 2.24) is 0 Å². The van der Waals surface area contributed by atoms with Gasteiger partial charge in [0.1, 0.15) is 0 Å². The van der Waals surface area contributed by atoms with E-state index in [-0.39, 0.29) is 6.10 Å². The van der Waals surface area contributed by atoms with Crippen molar-refractivity contribution >= 4 is 0 Å². The highest BCUT2D eigenvalue weighted by Gasteiger charge is 2.32. The third-order valence-corrected chi connectivity index (χ3v) is 2.14. The van der Waals surface area contributed by atoms with E-state index in [4.69, 9.17) is 4.74 Å². The lowest BCUT2D eigenvalue weighted by molar-refractivity contribution is -0.226. The molecule has 0 bridgehead atoms. The summed E-state index contributed by atoms with van der Waals surface area (Å²) in [6, 6.07) is 0. The van der Waals surface area contributed by atoms with Gasteiger partial charge in [0.2, 0.25) is 0 Å². The lowest BCUT2D eigenvalue weighted by Crippen LogP contribution is -2.40. The SMILES string of the molecule is CC(C)C[C@H]1CC(O)(O)CCO1. The summed E-state index contributed by atoms with van der Waals surface area (Å²) in [5.74, 6) is -0.943. The monoisotopic (exact) mass is 174 g/mol. The predicted molar refractivity (Wildman–Crippen MR) is 45.6 cm³/mol. The van der Waals surface area contributed by atoms with Gasteiger partial charge in [0, 0.05) is 12.8 Å². The summed E-state index contributed by atoms with van der Waals surface area (Å²) in [6.45, 7) is 4.67. The molecule has 1 saturated heterocycles. The maximum absolute atomic E-state index is 9.33. The number of aliphatic hydroxyl groups is 2. The number of ether oxygens (including phenoxy) is 1. The van der Waals surface area contributed by atoms with Crippen molar-refractivity contribution in [2.45, 2.75) is 45.0 Å². The summed E-state index contributed by atoms with van der Waals surface area (Å²) in [7, 11) is 0. The fourth-order valence-corrected chi connectivity index (χ4v) is 1.59. The van der Waals surface area contributed by atoms with Crippen LogP contribution in [0, 0.1) is 5.92 Å². The van der Waals surface area contributed by atoms with Crippen LogP contribution in [0.5, 0.6) is 0 Å². The molecule has 0 spiro atoms. The molecule has 0 unspecified atom stereocenters. The van der Waals surface area contributed by atoms with Crippen molar-refractivity contribution in [3.05, 3.63) is 0 Å². The molecule has 1 rings (SSSR count). The van der Waals surface area contributed by atoms with E-state index >= 15 is 0 Å². The zero-order valence-corrected chi connectivity index (χ0v) is 7.79. The molecule has 0 amide bonds. The van der Waals surface area contributed by atoms with Gasteiger partial charge in [-0.1, -0.05) is 13.8 Å². The summed E-state index contributed by atoms with van der Waals surface area (Å²) in [4.78, 5) is 0. The number of rotatable bonds is 2. The van der Waals surface area contributed by atoms with Crippen LogP contribution in [0.15, 0.2) is 0 Å². The Morgan fingerprint density at radius 3 is 2.67 bits per heavy atom. The maximum Gasteiger partial charge on any atom is 0.167 e. The minimum absolute atomic E-state index is 0.0220. The molecular formula is C9H18O3. The second-order valence-electron chi connectivity index (χ2n) is 4.06. The van der Waals surface area contributed by atoms with E-state index in [1.807, 2.05) is 0 Å². The smallest absolute Gasteiger partial charge is 0.167 e. The molecule has 1 aliphatic heterocycles. The van der Waals surface area contributed by atoms with Gasteiger partial charge in [0.25, 0.3) is 0 Å². The van der Waals surface area contributed by atoms with E-state index in [1.54, 1.807) is 0 Å². The molecule has 1 atom stereocenters. The van der Waals surface area contributed by atoms with Crippen molar-refractivity contribution < 1.29 is 14.9 Å². The Kier molecular flexibility index (Phi) is 3.09. The van der Waals surface area contributed by atoms with Crippen LogP contribution in [0.3, 0.4) is 0 Å². The van der Waals surface area contributed by atoms with Crippen LogP contribution in [-0.2, 0) is 4.74 Å². The largest absolute Gasteiger partial charge is 0.378 e. The Labute approximate surface area is 73.4 Å². The van der Waals surface area contributed by atoms with E-state index in [0.29, 0.717) is 25.4 Å². The Bertz CT molecular complexity index is 143. The molecule has 3 nitrogen and oxygen atoms in total. The van der Waals surface area contributed by atoms with Crippen molar-refractivity contribution in [2.75, 3.05) is 6.61 Å². The summed E-state index contributed by atoms with van der Waals surface area (Å²) in [5.41, 5.74) is 0. The fourth-order valence-electron chi connectivity index (χ4n) is 1.59. The average Bonchev–Trinajstić information content (AvgIpc) is 1.82.